The molecule has 2 aromatic rings. The third kappa shape index (κ3) is 3.79. The minimum absolute atomic E-state index is 0.116. The van der Waals surface area contributed by atoms with Crippen LogP contribution in [0.3, 0.4) is 0 Å². The SMILES string of the molecule is Nc1cccc(C(CO)NCc2cccc3c2C(=O)N(C2CCC(=O)NC2=O)C3)c1. The van der Waals surface area contributed by atoms with Gasteiger partial charge in [0.15, 0.2) is 0 Å². The summed E-state index contributed by atoms with van der Waals surface area (Å²) in [6.45, 7) is 0.597. The summed E-state index contributed by atoms with van der Waals surface area (Å²) in [4.78, 5) is 38.3. The van der Waals surface area contributed by atoms with E-state index in [1.54, 1.807) is 12.1 Å². The maximum absolute atomic E-state index is 13.1. The molecule has 30 heavy (non-hydrogen) atoms. The molecule has 5 N–H and O–H groups in total. The third-order valence-electron chi connectivity index (χ3n) is 5.67. The summed E-state index contributed by atoms with van der Waals surface area (Å²) in [6.07, 6.45) is 0.559. The predicted octanol–water partition coefficient (Wildman–Crippen LogP) is 0.853. The van der Waals surface area contributed by atoms with Gasteiger partial charge >= 0.3 is 0 Å². The van der Waals surface area contributed by atoms with Gasteiger partial charge in [-0.2, -0.15) is 0 Å². The van der Waals surface area contributed by atoms with Crippen LogP contribution < -0.4 is 16.4 Å². The van der Waals surface area contributed by atoms with Gasteiger partial charge < -0.3 is 21.1 Å². The molecule has 0 aromatic heterocycles. The van der Waals surface area contributed by atoms with Crippen molar-refractivity contribution in [2.75, 3.05) is 12.3 Å². The zero-order chi connectivity index (χ0) is 21.3. The second-order valence-corrected chi connectivity index (χ2v) is 7.64. The monoisotopic (exact) mass is 408 g/mol. The number of nitrogens with two attached hydrogens (primary N) is 1. The lowest BCUT2D eigenvalue weighted by Crippen LogP contribution is -2.52. The first kappa shape index (κ1) is 20.1. The van der Waals surface area contributed by atoms with Gasteiger partial charge in [0.25, 0.3) is 5.91 Å². The third-order valence-corrected chi connectivity index (χ3v) is 5.67. The van der Waals surface area contributed by atoms with Crippen LogP contribution in [0, 0.1) is 0 Å². The molecule has 0 saturated carbocycles. The lowest BCUT2D eigenvalue weighted by atomic mass is 10.0. The van der Waals surface area contributed by atoms with Crippen molar-refractivity contribution in [2.24, 2.45) is 0 Å². The van der Waals surface area contributed by atoms with Crippen molar-refractivity contribution in [1.29, 1.82) is 0 Å². The number of piperidine rings is 1. The van der Waals surface area contributed by atoms with Crippen LogP contribution >= 0.6 is 0 Å². The molecule has 0 spiro atoms. The van der Waals surface area contributed by atoms with E-state index in [0.29, 0.717) is 30.8 Å². The number of imide groups is 1. The summed E-state index contributed by atoms with van der Waals surface area (Å²) < 4.78 is 0. The molecule has 0 aliphatic carbocycles. The van der Waals surface area contributed by atoms with Gasteiger partial charge in [-0.3, -0.25) is 19.7 Å². The van der Waals surface area contributed by atoms with Gasteiger partial charge in [0, 0.05) is 30.8 Å². The lowest BCUT2D eigenvalue weighted by Gasteiger charge is -2.29. The minimum Gasteiger partial charge on any atom is -0.399 e. The van der Waals surface area contributed by atoms with Gasteiger partial charge in [-0.15, -0.1) is 0 Å². The van der Waals surface area contributed by atoms with E-state index in [1.165, 1.54) is 4.90 Å². The smallest absolute Gasteiger partial charge is 0.255 e. The van der Waals surface area contributed by atoms with E-state index in [1.807, 2.05) is 30.3 Å². The van der Waals surface area contributed by atoms with Crippen LogP contribution in [0.15, 0.2) is 42.5 Å². The number of nitrogens with zero attached hydrogens (tertiary/aromatic N) is 1. The summed E-state index contributed by atoms with van der Waals surface area (Å²) in [5, 5.41) is 15.4. The average molecular weight is 408 g/mol. The summed E-state index contributed by atoms with van der Waals surface area (Å²) >= 11 is 0. The Hall–Kier alpha value is -3.23. The summed E-state index contributed by atoms with van der Waals surface area (Å²) in [5.74, 6) is -0.933. The number of benzene rings is 2. The number of carbonyl (C=O) groups is 3. The van der Waals surface area contributed by atoms with E-state index in [-0.39, 0.29) is 30.9 Å². The molecule has 2 unspecified atom stereocenters. The van der Waals surface area contributed by atoms with Gasteiger partial charge in [0.2, 0.25) is 11.8 Å². The quantitative estimate of drug-likeness (QED) is 0.415. The molecule has 2 aliphatic rings. The molecular formula is C22H24N4O4. The predicted molar refractivity (Wildman–Crippen MR) is 110 cm³/mol. The fraction of sp³-hybridized carbons (Fsp3) is 0.318. The molecule has 0 radical (unpaired) electrons. The first-order valence-electron chi connectivity index (χ1n) is 9.93. The zero-order valence-electron chi connectivity index (χ0n) is 16.4. The van der Waals surface area contributed by atoms with Crippen LogP contribution in [0.5, 0.6) is 0 Å². The second kappa shape index (κ2) is 8.25. The Balaban J connectivity index is 1.52. The molecule has 2 aromatic carbocycles. The minimum atomic E-state index is -0.638. The first-order chi connectivity index (χ1) is 14.5. The number of nitrogens with one attached hydrogen (secondary N) is 2. The van der Waals surface area contributed by atoms with Crippen molar-refractivity contribution >= 4 is 23.4 Å². The van der Waals surface area contributed by atoms with Gasteiger partial charge in [-0.05, 0) is 35.2 Å². The molecule has 1 fully saturated rings. The highest BCUT2D eigenvalue weighted by molar-refractivity contribution is 6.06. The van der Waals surface area contributed by atoms with Crippen LogP contribution in [0.25, 0.3) is 0 Å². The number of aliphatic hydroxyl groups is 1. The highest BCUT2D eigenvalue weighted by Crippen LogP contribution is 2.30. The fourth-order valence-electron chi connectivity index (χ4n) is 4.13. The Morgan fingerprint density at radius 2 is 2.00 bits per heavy atom. The maximum atomic E-state index is 13.1. The number of amides is 3. The molecule has 0 bridgehead atoms. The Labute approximate surface area is 174 Å². The standard InChI is InChI=1S/C22H24N4O4/c23-16-6-2-3-13(9-16)17(12-27)24-10-14-4-1-5-15-11-26(22(30)20(14)15)18-7-8-19(28)25-21(18)29/h1-6,9,17-18,24,27H,7-8,10-12,23H2,(H,25,28,29). The number of carbonyl (C=O) groups excluding carboxylic acids is 3. The van der Waals surface area contributed by atoms with Crippen molar-refractivity contribution in [2.45, 2.75) is 38.0 Å². The van der Waals surface area contributed by atoms with Crippen molar-refractivity contribution in [1.82, 2.24) is 15.5 Å². The molecule has 2 aliphatic heterocycles. The van der Waals surface area contributed by atoms with Crippen LogP contribution in [0.1, 0.15) is 45.9 Å². The molecular weight excluding hydrogens is 384 g/mol. The number of fused-ring (bicyclic) bond motifs is 1. The molecule has 2 heterocycles. The second-order valence-electron chi connectivity index (χ2n) is 7.64. The van der Waals surface area contributed by atoms with E-state index in [4.69, 9.17) is 5.73 Å². The Kier molecular flexibility index (Phi) is 5.52. The van der Waals surface area contributed by atoms with E-state index >= 15 is 0 Å². The van der Waals surface area contributed by atoms with Crippen molar-refractivity contribution in [3.05, 3.63) is 64.7 Å². The van der Waals surface area contributed by atoms with Crippen LogP contribution in [0.4, 0.5) is 5.69 Å². The summed E-state index contributed by atoms with van der Waals surface area (Å²) in [6, 6.07) is 12.0. The van der Waals surface area contributed by atoms with Crippen molar-refractivity contribution in [3.63, 3.8) is 0 Å². The normalized spacial score (nSPS) is 19.6. The molecule has 3 amide bonds. The zero-order valence-corrected chi connectivity index (χ0v) is 16.4. The Bertz CT molecular complexity index is 1010. The van der Waals surface area contributed by atoms with Crippen LogP contribution in [-0.4, -0.2) is 40.4 Å². The Morgan fingerprint density at radius 3 is 2.73 bits per heavy atom. The van der Waals surface area contributed by atoms with Gasteiger partial charge in [-0.25, -0.2) is 0 Å². The van der Waals surface area contributed by atoms with Crippen molar-refractivity contribution < 1.29 is 19.5 Å². The van der Waals surface area contributed by atoms with Gasteiger partial charge in [0.05, 0.1) is 12.6 Å². The van der Waals surface area contributed by atoms with E-state index in [2.05, 4.69) is 10.6 Å². The first-order valence-corrected chi connectivity index (χ1v) is 9.93. The number of rotatable bonds is 6. The lowest BCUT2D eigenvalue weighted by molar-refractivity contribution is -0.136. The average Bonchev–Trinajstić information content (AvgIpc) is 3.06. The molecule has 1 saturated heterocycles. The topological polar surface area (TPSA) is 125 Å². The Morgan fingerprint density at radius 1 is 1.20 bits per heavy atom. The number of hydrogen-bond donors (Lipinski definition) is 4. The summed E-state index contributed by atoms with van der Waals surface area (Å²) in [7, 11) is 0. The number of anilines is 1. The van der Waals surface area contributed by atoms with Gasteiger partial charge in [0.1, 0.15) is 6.04 Å². The summed E-state index contributed by atoms with van der Waals surface area (Å²) in [5.41, 5.74) is 9.56. The van der Waals surface area contributed by atoms with E-state index < -0.39 is 11.9 Å². The van der Waals surface area contributed by atoms with Crippen LogP contribution in [0.2, 0.25) is 0 Å². The van der Waals surface area contributed by atoms with E-state index in [9.17, 15) is 19.5 Å². The highest BCUT2D eigenvalue weighted by atomic mass is 16.3. The van der Waals surface area contributed by atoms with Crippen LogP contribution in [-0.2, 0) is 22.7 Å². The molecule has 4 rings (SSSR count). The van der Waals surface area contributed by atoms with Crippen molar-refractivity contribution in [3.8, 4) is 0 Å². The van der Waals surface area contributed by atoms with E-state index in [0.717, 1.165) is 16.7 Å². The molecule has 2 atom stereocenters. The number of aliphatic hydroxyl groups excluding tert-OH is 1. The molecule has 8 nitrogen and oxygen atoms in total. The highest BCUT2D eigenvalue weighted by Gasteiger charge is 2.39. The number of hydrogen-bond acceptors (Lipinski definition) is 6. The molecule has 8 heteroatoms. The molecule has 156 valence electrons. The largest absolute Gasteiger partial charge is 0.399 e. The maximum Gasteiger partial charge on any atom is 0.255 e. The van der Waals surface area contributed by atoms with Gasteiger partial charge in [-0.1, -0.05) is 30.3 Å². The fourth-order valence-corrected chi connectivity index (χ4v) is 4.13. The number of nitrogen functional groups attached to an aromatic ring is 1.